The molecule has 4 heteroatoms. The van der Waals surface area contributed by atoms with Crippen molar-refractivity contribution < 1.29 is 4.39 Å². The van der Waals surface area contributed by atoms with E-state index in [0.29, 0.717) is 0 Å². The van der Waals surface area contributed by atoms with Crippen molar-refractivity contribution in [2.45, 2.75) is 32.2 Å². The number of hydrogen-bond donors (Lipinski definition) is 1. The highest BCUT2D eigenvalue weighted by atomic mass is 127. The molecule has 0 saturated carbocycles. The molecule has 1 rings (SSSR count). The second-order valence-electron chi connectivity index (χ2n) is 4.02. The second kappa shape index (κ2) is 9.28. The van der Waals surface area contributed by atoms with Crippen molar-refractivity contribution in [2.24, 2.45) is 0 Å². The van der Waals surface area contributed by atoms with E-state index in [-0.39, 0.29) is 5.82 Å². The summed E-state index contributed by atoms with van der Waals surface area (Å²) in [6, 6.07) is 4.84. The zero-order chi connectivity index (χ0) is 12.5. The topological polar surface area (TPSA) is 12.0 Å². The van der Waals surface area contributed by atoms with Crippen LogP contribution in [0.3, 0.4) is 0 Å². The molecule has 0 aromatic heterocycles. The van der Waals surface area contributed by atoms with Crippen molar-refractivity contribution in [1.82, 2.24) is 5.32 Å². The van der Waals surface area contributed by atoms with Gasteiger partial charge in [0, 0.05) is 11.0 Å². The van der Waals surface area contributed by atoms with Gasteiger partial charge < -0.3 is 5.32 Å². The Kier molecular flexibility index (Phi) is 8.39. The van der Waals surface area contributed by atoms with E-state index in [9.17, 15) is 4.39 Å². The standard InChI is InChI=1S/C13H18BrFIN/c14-13-9-12(15)6-5-11(13)10-17-8-4-2-1-3-7-16/h5-6,9,17H,1-4,7-8,10H2. The highest BCUT2D eigenvalue weighted by molar-refractivity contribution is 14.1. The maximum atomic E-state index is 12.9. The normalized spacial score (nSPS) is 10.8. The van der Waals surface area contributed by atoms with E-state index in [2.05, 4.69) is 43.8 Å². The van der Waals surface area contributed by atoms with Crippen LogP contribution in [-0.2, 0) is 6.54 Å². The molecule has 0 amide bonds. The molecule has 0 atom stereocenters. The first-order valence-electron chi connectivity index (χ1n) is 5.94. The third kappa shape index (κ3) is 6.72. The Bertz CT molecular complexity index is 333. The molecular formula is C13H18BrFIN. The van der Waals surface area contributed by atoms with Gasteiger partial charge >= 0.3 is 0 Å². The van der Waals surface area contributed by atoms with Crippen molar-refractivity contribution in [3.8, 4) is 0 Å². The van der Waals surface area contributed by atoms with Crippen molar-refractivity contribution >= 4 is 38.5 Å². The molecule has 0 unspecified atom stereocenters. The van der Waals surface area contributed by atoms with Gasteiger partial charge in [0.15, 0.2) is 0 Å². The van der Waals surface area contributed by atoms with Gasteiger partial charge in [0.2, 0.25) is 0 Å². The highest BCUT2D eigenvalue weighted by Gasteiger charge is 2.00. The summed E-state index contributed by atoms with van der Waals surface area (Å²) in [6.07, 6.45) is 5.16. The summed E-state index contributed by atoms with van der Waals surface area (Å²) in [5.74, 6) is -0.195. The van der Waals surface area contributed by atoms with E-state index in [0.717, 1.165) is 23.1 Å². The van der Waals surface area contributed by atoms with Crippen LogP contribution in [0.5, 0.6) is 0 Å². The molecule has 0 bridgehead atoms. The van der Waals surface area contributed by atoms with Crippen LogP contribution in [0.4, 0.5) is 4.39 Å². The first kappa shape index (κ1) is 15.4. The number of benzene rings is 1. The molecule has 1 nitrogen and oxygen atoms in total. The molecule has 0 spiro atoms. The fraction of sp³-hybridized carbons (Fsp3) is 0.538. The lowest BCUT2D eigenvalue weighted by atomic mass is 10.2. The minimum Gasteiger partial charge on any atom is -0.313 e. The van der Waals surface area contributed by atoms with Crippen molar-refractivity contribution in [3.63, 3.8) is 0 Å². The van der Waals surface area contributed by atoms with Crippen molar-refractivity contribution in [1.29, 1.82) is 0 Å². The van der Waals surface area contributed by atoms with E-state index in [1.165, 1.54) is 42.2 Å². The van der Waals surface area contributed by atoms with Gasteiger partial charge in [-0.1, -0.05) is 57.4 Å². The molecule has 0 fully saturated rings. The van der Waals surface area contributed by atoms with Gasteiger partial charge in [-0.3, -0.25) is 0 Å². The Balaban J connectivity index is 2.14. The van der Waals surface area contributed by atoms with E-state index in [4.69, 9.17) is 0 Å². The summed E-state index contributed by atoms with van der Waals surface area (Å²) in [5, 5.41) is 3.38. The quantitative estimate of drug-likeness (QED) is 0.371. The largest absolute Gasteiger partial charge is 0.313 e. The molecule has 0 aliphatic heterocycles. The first-order chi connectivity index (χ1) is 8.24. The molecular weight excluding hydrogens is 396 g/mol. The van der Waals surface area contributed by atoms with E-state index >= 15 is 0 Å². The molecule has 1 aromatic rings. The Morgan fingerprint density at radius 3 is 2.65 bits per heavy atom. The van der Waals surface area contributed by atoms with Crippen molar-refractivity contribution in [2.75, 3.05) is 11.0 Å². The van der Waals surface area contributed by atoms with Crippen LogP contribution in [0.1, 0.15) is 31.2 Å². The van der Waals surface area contributed by atoms with Gasteiger partial charge in [-0.25, -0.2) is 4.39 Å². The first-order valence-corrected chi connectivity index (χ1v) is 8.26. The monoisotopic (exact) mass is 413 g/mol. The van der Waals surface area contributed by atoms with Crippen LogP contribution in [0.15, 0.2) is 22.7 Å². The van der Waals surface area contributed by atoms with Crippen LogP contribution >= 0.6 is 38.5 Å². The van der Waals surface area contributed by atoms with Gasteiger partial charge in [-0.2, -0.15) is 0 Å². The number of alkyl halides is 1. The molecule has 1 aromatic carbocycles. The summed E-state index contributed by atoms with van der Waals surface area (Å²) < 4.78 is 15.0. The number of unbranched alkanes of at least 4 members (excludes halogenated alkanes) is 3. The molecule has 0 heterocycles. The maximum Gasteiger partial charge on any atom is 0.124 e. The summed E-state index contributed by atoms with van der Waals surface area (Å²) in [5.41, 5.74) is 1.11. The smallest absolute Gasteiger partial charge is 0.124 e. The molecule has 17 heavy (non-hydrogen) atoms. The van der Waals surface area contributed by atoms with Crippen LogP contribution in [-0.4, -0.2) is 11.0 Å². The van der Waals surface area contributed by atoms with Crippen LogP contribution in [0, 0.1) is 5.82 Å². The van der Waals surface area contributed by atoms with Gasteiger partial charge in [-0.15, -0.1) is 0 Å². The van der Waals surface area contributed by atoms with E-state index in [1.54, 1.807) is 0 Å². The fourth-order valence-electron chi connectivity index (χ4n) is 1.59. The Hall–Kier alpha value is 0.320. The predicted octanol–water partition coefficient (Wildman–Crippen LogP) is 4.67. The van der Waals surface area contributed by atoms with Gasteiger partial charge in [-0.05, 0) is 41.5 Å². The fourth-order valence-corrected chi connectivity index (χ4v) is 2.62. The average molecular weight is 414 g/mol. The third-order valence-electron chi connectivity index (χ3n) is 2.57. The maximum absolute atomic E-state index is 12.9. The number of nitrogens with one attached hydrogen (secondary N) is 1. The van der Waals surface area contributed by atoms with E-state index in [1.807, 2.05) is 6.07 Å². The zero-order valence-corrected chi connectivity index (χ0v) is 13.6. The number of hydrogen-bond acceptors (Lipinski definition) is 1. The van der Waals surface area contributed by atoms with Crippen molar-refractivity contribution in [3.05, 3.63) is 34.1 Å². The second-order valence-corrected chi connectivity index (χ2v) is 5.95. The molecule has 0 aliphatic carbocycles. The van der Waals surface area contributed by atoms with Crippen LogP contribution < -0.4 is 5.32 Å². The van der Waals surface area contributed by atoms with Crippen LogP contribution in [0.2, 0.25) is 0 Å². The molecule has 0 aliphatic rings. The summed E-state index contributed by atoms with van der Waals surface area (Å²) in [6.45, 7) is 1.83. The summed E-state index contributed by atoms with van der Waals surface area (Å²) in [4.78, 5) is 0. The minimum absolute atomic E-state index is 0.195. The lowest BCUT2D eigenvalue weighted by Crippen LogP contribution is -2.15. The molecule has 96 valence electrons. The minimum atomic E-state index is -0.195. The summed E-state index contributed by atoms with van der Waals surface area (Å²) in [7, 11) is 0. The highest BCUT2D eigenvalue weighted by Crippen LogP contribution is 2.17. The predicted molar refractivity (Wildman–Crippen MR) is 83.2 cm³/mol. The Morgan fingerprint density at radius 1 is 1.18 bits per heavy atom. The van der Waals surface area contributed by atoms with Gasteiger partial charge in [0.25, 0.3) is 0 Å². The number of halogens is 3. The number of rotatable bonds is 8. The van der Waals surface area contributed by atoms with Gasteiger partial charge in [0.1, 0.15) is 5.82 Å². The third-order valence-corrected chi connectivity index (χ3v) is 4.07. The lowest BCUT2D eigenvalue weighted by molar-refractivity contribution is 0.597. The molecule has 0 saturated heterocycles. The average Bonchev–Trinajstić information content (AvgIpc) is 2.30. The molecule has 1 N–H and O–H groups in total. The summed E-state index contributed by atoms with van der Waals surface area (Å²) >= 11 is 5.79. The van der Waals surface area contributed by atoms with Crippen LogP contribution in [0.25, 0.3) is 0 Å². The SMILES string of the molecule is Fc1ccc(CNCCCCCCI)c(Br)c1. The Labute approximate surface area is 125 Å². The van der Waals surface area contributed by atoms with Gasteiger partial charge in [0.05, 0.1) is 0 Å². The Morgan fingerprint density at radius 2 is 1.94 bits per heavy atom. The van der Waals surface area contributed by atoms with E-state index < -0.39 is 0 Å². The molecule has 0 radical (unpaired) electrons. The lowest BCUT2D eigenvalue weighted by Gasteiger charge is -2.06. The zero-order valence-electron chi connectivity index (χ0n) is 9.82.